The van der Waals surface area contributed by atoms with E-state index in [2.05, 4.69) is 22.1 Å². The van der Waals surface area contributed by atoms with E-state index in [0.29, 0.717) is 17.0 Å². The summed E-state index contributed by atoms with van der Waals surface area (Å²) in [6, 6.07) is 9.79. The standard InChI is InChI=1S/C27H23F2N3O5/c1-27(2,35)11-9-16-7-8-23-22(13-16)32(3)26(34)21(15-36-23)31-25(33)20-14-17(10-12-30-20)37-24-18(28)5-4-6-19(24)29/h4-8,10,12-14,21,35H,15H2,1-3H3,(H,31,33). The van der Waals surface area contributed by atoms with Gasteiger partial charge in [-0.25, -0.2) is 8.78 Å². The maximum Gasteiger partial charge on any atom is 0.270 e. The van der Waals surface area contributed by atoms with Gasteiger partial charge in [-0.2, -0.15) is 0 Å². The molecule has 1 aliphatic heterocycles. The van der Waals surface area contributed by atoms with Gasteiger partial charge in [0.25, 0.3) is 11.8 Å². The van der Waals surface area contributed by atoms with Gasteiger partial charge in [-0.3, -0.25) is 14.6 Å². The largest absolute Gasteiger partial charge is 0.489 e. The number of rotatable bonds is 4. The van der Waals surface area contributed by atoms with Crippen LogP contribution in [0.3, 0.4) is 0 Å². The second kappa shape index (κ2) is 10.2. The van der Waals surface area contributed by atoms with Gasteiger partial charge in [0, 0.05) is 24.9 Å². The molecule has 0 fully saturated rings. The van der Waals surface area contributed by atoms with Crippen molar-refractivity contribution in [3.8, 4) is 29.1 Å². The van der Waals surface area contributed by atoms with Crippen LogP contribution >= 0.6 is 0 Å². The molecule has 1 aromatic heterocycles. The molecule has 0 radical (unpaired) electrons. The van der Waals surface area contributed by atoms with E-state index in [1.54, 1.807) is 32.0 Å². The number of likely N-dealkylation sites (N-methyl/N-ethyl adjacent to an activating group) is 1. The third-order valence-corrected chi connectivity index (χ3v) is 5.28. The summed E-state index contributed by atoms with van der Waals surface area (Å²) in [6.45, 7) is 2.97. The molecule has 4 rings (SSSR count). The van der Waals surface area contributed by atoms with Crippen LogP contribution in [-0.4, -0.2) is 47.2 Å². The predicted octanol–water partition coefficient (Wildman–Crippen LogP) is 3.43. The van der Waals surface area contributed by atoms with E-state index >= 15 is 0 Å². The van der Waals surface area contributed by atoms with Crippen molar-refractivity contribution in [3.05, 3.63) is 77.6 Å². The molecule has 8 nitrogen and oxygen atoms in total. The number of hydrogen-bond donors (Lipinski definition) is 2. The van der Waals surface area contributed by atoms with E-state index in [1.165, 1.54) is 36.3 Å². The number of fused-ring (bicyclic) bond motifs is 1. The fourth-order valence-corrected chi connectivity index (χ4v) is 3.43. The first-order valence-electron chi connectivity index (χ1n) is 11.2. The lowest BCUT2D eigenvalue weighted by molar-refractivity contribution is -0.120. The number of aliphatic hydroxyl groups is 1. The Kier molecular flexibility index (Phi) is 7.09. The maximum atomic E-state index is 13.9. The number of aromatic nitrogens is 1. The minimum atomic E-state index is -1.18. The third-order valence-electron chi connectivity index (χ3n) is 5.28. The Morgan fingerprint density at radius 1 is 1.22 bits per heavy atom. The van der Waals surface area contributed by atoms with E-state index in [1.807, 2.05) is 0 Å². The Labute approximate surface area is 211 Å². The van der Waals surface area contributed by atoms with Crippen molar-refractivity contribution in [1.82, 2.24) is 10.3 Å². The van der Waals surface area contributed by atoms with E-state index in [0.717, 1.165) is 12.1 Å². The summed E-state index contributed by atoms with van der Waals surface area (Å²) in [6.07, 6.45) is 1.24. The van der Waals surface area contributed by atoms with Crippen LogP contribution < -0.4 is 19.7 Å². The Morgan fingerprint density at radius 3 is 2.65 bits per heavy atom. The molecule has 0 saturated carbocycles. The van der Waals surface area contributed by atoms with Gasteiger partial charge in [-0.05, 0) is 50.2 Å². The number of amides is 2. The van der Waals surface area contributed by atoms with Crippen molar-refractivity contribution >= 4 is 17.5 Å². The molecule has 0 spiro atoms. The molecule has 1 atom stereocenters. The van der Waals surface area contributed by atoms with Crippen LogP contribution in [0.1, 0.15) is 29.9 Å². The highest BCUT2D eigenvalue weighted by Crippen LogP contribution is 2.32. The normalized spacial score (nSPS) is 15.0. The van der Waals surface area contributed by atoms with Crippen LogP contribution in [0.15, 0.2) is 54.7 Å². The Morgan fingerprint density at radius 2 is 1.95 bits per heavy atom. The number of benzene rings is 2. The van der Waals surface area contributed by atoms with Crippen molar-refractivity contribution in [3.63, 3.8) is 0 Å². The first-order valence-corrected chi connectivity index (χ1v) is 11.2. The molecule has 1 unspecified atom stereocenters. The topological polar surface area (TPSA) is 101 Å². The average Bonchev–Trinajstić information content (AvgIpc) is 2.97. The van der Waals surface area contributed by atoms with E-state index in [4.69, 9.17) is 9.47 Å². The summed E-state index contributed by atoms with van der Waals surface area (Å²) in [5, 5.41) is 12.4. The molecule has 10 heteroatoms. The second-order valence-corrected chi connectivity index (χ2v) is 8.76. The molecular weight excluding hydrogens is 484 g/mol. The highest BCUT2D eigenvalue weighted by atomic mass is 19.1. The van der Waals surface area contributed by atoms with Gasteiger partial charge in [-0.15, -0.1) is 0 Å². The quantitative estimate of drug-likeness (QED) is 0.525. The number of nitrogens with zero attached hydrogens (tertiary/aromatic N) is 2. The molecule has 2 N–H and O–H groups in total. The van der Waals surface area contributed by atoms with Gasteiger partial charge in [0.05, 0.1) is 5.69 Å². The van der Waals surface area contributed by atoms with Crippen LogP contribution in [0.25, 0.3) is 0 Å². The van der Waals surface area contributed by atoms with Gasteiger partial charge < -0.3 is 24.8 Å². The number of carbonyl (C=O) groups is 2. The highest BCUT2D eigenvalue weighted by Gasteiger charge is 2.31. The molecule has 190 valence electrons. The average molecular weight is 507 g/mol. The molecule has 2 heterocycles. The lowest BCUT2D eigenvalue weighted by Gasteiger charge is -2.20. The summed E-state index contributed by atoms with van der Waals surface area (Å²) >= 11 is 0. The Balaban J connectivity index is 1.50. The number of para-hydroxylation sites is 1. The van der Waals surface area contributed by atoms with Crippen molar-refractivity contribution in [2.75, 3.05) is 18.6 Å². The number of nitrogens with one attached hydrogen (secondary N) is 1. The van der Waals surface area contributed by atoms with Gasteiger partial charge in [0.1, 0.15) is 35.4 Å². The van der Waals surface area contributed by atoms with Gasteiger partial charge >= 0.3 is 0 Å². The zero-order chi connectivity index (χ0) is 26.7. The van der Waals surface area contributed by atoms with Crippen molar-refractivity contribution in [2.24, 2.45) is 0 Å². The van der Waals surface area contributed by atoms with Crippen LogP contribution in [0, 0.1) is 23.5 Å². The molecule has 2 amide bonds. The SMILES string of the molecule is CN1C(=O)C(NC(=O)c2cc(Oc3c(F)cccc3F)ccn2)COc2ccc(C#CC(C)(C)O)cc21. The summed E-state index contributed by atoms with van der Waals surface area (Å²) in [5.41, 5.74) is -0.292. The third kappa shape index (κ3) is 6.02. The van der Waals surface area contributed by atoms with Crippen molar-refractivity contribution < 1.29 is 33.0 Å². The molecule has 1 aliphatic rings. The summed E-state index contributed by atoms with van der Waals surface area (Å²) in [7, 11) is 1.54. The van der Waals surface area contributed by atoms with E-state index in [9.17, 15) is 23.5 Å². The smallest absolute Gasteiger partial charge is 0.270 e. The van der Waals surface area contributed by atoms with Crippen molar-refractivity contribution in [1.29, 1.82) is 0 Å². The summed E-state index contributed by atoms with van der Waals surface area (Å²) in [5.74, 6) is 2.40. The monoisotopic (exact) mass is 507 g/mol. The minimum absolute atomic E-state index is 0.0168. The Bertz CT molecular complexity index is 1410. The molecule has 0 saturated heterocycles. The molecule has 3 aromatic rings. The first kappa shape index (κ1) is 25.6. The van der Waals surface area contributed by atoms with Crippen LogP contribution in [0.2, 0.25) is 0 Å². The van der Waals surface area contributed by atoms with Gasteiger partial charge in [0.15, 0.2) is 17.4 Å². The number of carbonyl (C=O) groups excluding carboxylic acids is 2. The second-order valence-electron chi connectivity index (χ2n) is 8.76. The fraction of sp³-hybridized carbons (Fsp3) is 0.222. The first-order chi connectivity index (χ1) is 17.5. The number of pyridine rings is 1. The number of hydrogen-bond acceptors (Lipinski definition) is 6. The zero-order valence-corrected chi connectivity index (χ0v) is 20.2. The van der Waals surface area contributed by atoms with Gasteiger partial charge in [-0.1, -0.05) is 17.9 Å². The zero-order valence-electron chi connectivity index (χ0n) is 20.2. The molecule has 0 aliphatic carbocycles. The van der Waals surface area contributed by atoms with Gasteiger partial charge in [0.2, 0.25) is 0 Å². The van der Waals surface area contributed by atoms with Crippen LogP contribution in [0.4, 0.5) is 14.5 Å². The van der Waals surface area contributed by atoms with Crippen molar-refractivity contribution in [2.45, 2.75) is 25.5 Å². The van der Waals surface area contributed by atoms with E-state index in [-0.39, 0.29) is 18.1 Å². The summed E-state index contributed by atoms with van der Waals surface area (Å²) in [4.78, 5) is 31.3. The predicted molar refractivity (Wildman–Crippen MR) is 130 cm³/mol. The summed E-state index contributed by atoms with van der Waals surface area (Å²) < 4.78 is 38.9. The molecule has 0 bridgehead atoms. The minimum Gasteiger partial charge on any atom is -0.489 e. The maximum absolute atomic E-state index is 13.9. The lowest BCUT2D eigenvalue weighted by Crippen LogP contribution is -2.49. The number of ether oxygens (including phenoxy) is 2. The molecule has 37 heavy (non-hydrogen) atoms. The molecule has 2 aromatic carbocycles. The van der Waals surface area contributed by atoms with Crippen LogP contribution in [-0.2, 0) is 4.79 Å². The van der Waals surface area contributed by atoms with E-state index < -0.39 is 40.8 Å². The van der Waals surface area contributed by atoms with Crippen LogP contribution in [0.5, 0.6) is 17.2 Å². The number of halogens is 2. The number of anilines is 1. The lowest BCUT2D eigenvalue weighted by atomic mass is 10.1. The fourth-order valence-electron chi connectivity index (χ4n) is 3.43. The Hall–Kier alpha value is -4.49. The molecular formula is C27H23F2N3O5. The highest BCUT2D eigenvalue weighted by molar-refractivity contribution is 6.03.